The van der Waals surface area contributed by atoms with E-state index in [-0.39, 0.29) is 6.03 Å². The molecule has 0 heterocycles. The fourth-order valence-corrected chi connectivity index (χ4v) is 2.76. The van der Waals surface area contributed by atoms with E-state index in [1.807, 2.05) is 60.7 Å². The van der Waals surface area contributed by atoms with Crippen molar-refractivity contribution in [3.63, 3.8) is 0 Å². The van der Waals surface area contributed by atoms with Crippen molar-refractivity contribution in [3.05, 3.63) is 78.4 Å². The van der Waals surface area contributed by atoms with E-state index in [0.29, 0.717) is 35.9 Å². The first-order chi connectivity index (χ1) is 14.2. The van der Waals surface area contributed by atoms with Crippen LogP contribution in [0.1, 0.15) is 5.56 Å². The maximum atomic E-state index is 12.1. The number of rotatable bonds is 8. The summed E-state index contributed by atoms with van der Waals surface area (Å²) in [5.41, 5.74) is 1.74. The molecule has 0 aliphatic heterocycles. The van der Waals surface area contributed by atoms with Gasteiger partial charge < -0.3 is 24.8 Å². The first kappa shape index (κ1) is 20.1. The maximum Gasteiger partial charge on any atom is 0.319 e. The van der Waals surface area contributed by atoms with E-state index in [1.54, 1.807) is 26.4 Å². The van der Waals surface area contributed by atoms with Gasteiger partial charge in [0.05, 0.1) is 14.2 Å². The summed E-state index contributed by atoms with van der Waals surface area (Å²) < 4.78 is 16.3. The van der Waals surface area contributed by atoms with Crippen LogP contribution in [-0.4, -0.2) is 26.8 Å². The molecule has 0 spiro atoms. The Balaban J connectivity index is 1.46. The number of methoxy groups -OCH3 is 2. The van der Waals surface area contributed by atoms with Crippen molar-refractivity contribution < 1.29 is 19.0 Å². The van der Waals surface area contributed by atoms with Crippen molar-refractivity contribution in [1.29, 1.82) is 0 Å². The minimum Gasteiger partial charge on any atom is -0.493 e. The van der Waals surface area contributed by atoms with Gasteiger partial charge >= 0.3 is 6.03 Å². The zero-order valence-electron chi connectivity index (χ0n) is 16.5. The Morgan fingerprint density at radius 1 is 0.828 bits per heavy atom. The fraction of sp³-hybridized carbons (Fsp3) is 0.174. The Kier molecular flexibility index (Phi) is 6.95. The third-order valence-corrected chi connectivity index (χ3v) is 4.24. The lowest BCUT2D eigenvalue weighted by Gasteiger charge is -2.11. The van der Waals surface area contributed by atoms with Gasteiger partial charge in [-0.3, -0.25) is 0 Å². The van der Waals surface area contributed by atoms with Crippen LogP contribution >= 0.6 is 0 Å². The topological polar surface area (TPSA) is 68.8 Å². The Bertz CT molecular complexity index is 927. The molecule has 0 bridgehead atoms. The average molecular weight is 392 g/mol. The van der Waals surface area contributed by atoms with Crippen molar-refractivity contribution >= 4 is 11.7 Å². The van der Waals surface area contributed by atoms with Crippen molar-refractivity contribution in [3.8, 4) is 23.0 Å². The minimum absolute atomic E-state index is 0.262. The van der Waals surface area contributed by atoms with E-state index in [1.165, 1.54) is 0 Å². The molecule has 150 valence electrons. The van der Waals surface area contributed by atoms with E-state index >= 15 is 0 Å². The minimum atomic E-state index is -0.262. The number of amides is 2. The number of hydrogen-bond acceptors (Lipinski definition) is 4. The maximum absolute atomic E-state index is 12.1. The molecule has 2 N–H and O–H groups in total. The van der Waals surface area contributed by atoms with E-state index in [0.717, 1.165) is 11.3 Å². The lowest BCUT2D eigenvalue weighted by Crippen LogP contribution is -2.30. The lowest BCUT2D eigenvalue weighted by molar-refractivity contribution is 0.252. The number of anilines is 1. The van der Waals surface area contributed by atoms with Gasteiger partial charge in [-0.25, -0.2) is 4.79 Å². The Morgan fingerprint density at radius 3 is 2.21 bits per heavy atom. The fourth-order valence-electron chi connectivity index (χ4n) is 2.76. The van der Waals surface area contributed by atoms with Crippen LogP contribution in [0.5, 0.6) is 23.0 Å². The van der Waals surface area contributed by atoms with Gasteiger partial charge in [0.25, 0.3) is 0 Å². The van der Waals surface area contributed by atoms with Gasteiger partial charge in [-0.1, -0.05) is 24.3 Å². The molecular weight excluding hydrogens is 368 g/mol. The summed E-state index contributed by atoms with van der Waals surface area (Å²) in [5.74, 6) is 2.82. The highest BCUT2D eigenvalue weighted by Crippen LogP contribution is 2.27. The number of urea groups is 1. The number of para-hydroxylation sites is 1. The zero-order chi connectivity index (χ0) is 20.5. The number of carbonyl (C=O) groups is 1. The number of ether oxygens (including phenoxy) is 3. The molecule has 3 rings (SSSR count). The molecule has 0 aliphatic rings. The molecule has 3 aromatic rings. The number of hydrogen-bond donors (Lipinski definition) is 2. The average Bonchev–Trinajstić information content (AvgIpc) is 2.75. The Morgan fingerprint density at radius 2 is 1.52 bits per heavy atom. The van der Waals surface area contributed by atoms with Crippen LogP contribution in [-0.2, 0) is 6.42 Å². The van der Waals surface area contributed by atoms with Crippen LogP contribution in [0.25, 0.3) is 0 Å². The van der Waals surface area contributed by atoms with Crippen molar-refractivity contribution in [1.82, 2.24) is 5.32 Å². The predicted molar refractivity (Wildman–Crippen MR) is 113 cm³/mol. The Hall–Kier alpha value is -3.67. The molecule has 3 aromatic carbocycles. The summed E-state index contributed by atoms with van der Waals surface area (Å²) in [6, 6.07) is 22.2. The molecule has 6 nitrogen and oxygen atoms in total. The van der Waals surface area contributed by atoms with Gasteiger partial charge in [0.15, 0.2) is 11.5 Å². The van der Waals surface area contributed by atoms with Crippen LogP contribution in [0, 0.1) is 0 Å². The SMILES string of the molecule is COc1ccc(CCNC(=O)Nc2ccc(Oc3ccccc3)cc2)cc1OC. The van der Waals surface area contributed by atoms with E-state index in [4.69, 9.17) is 14.2 Å². The number of carbonyl (C=O) groups excluding carboxylic acids is 1. The highest BCUT2D eigenvalue weighted by atomic mass is 16.5. The van der Waals surface area contributed by atoms with E-state index < -0.39 is 0 Å². The van der Waals surface area contributed by atoms with Gasteiger partial charge in [0.2, 0.25) is 0 Å². The third kappa shape index (κ3) is 5.90. The first-order valence-electron chi connectivity index (χ1n) is 9.26. The summed E-state index contributed by atoms with van der Waals surface area (Å²) in [7, 11) is 3.20. The van der Waals surface area contributed by atoms with Crippen LogP contribution in [0.4, 0.5) is 10.5 Å². The van der Waals surface area contributed by atoms with Gasteiger partial charge in [-0.2, -0.15) is 0 Å². The summed E-state index contributed by atoms with van der Waals surface area (Å²) in [4.78, 5) is 12.1. The molecule has 0 aromatic heterocycles. The second-order valence-electron chi connectivity index (χ2n) is 6.26. The molecule has 0 saturated carbocycles. The largest absolute Gasteiger partial charge is 0.493 e. The quantitative estimate of drug-likeness (QED) is 0.574. The molecule has 29 heavy (non-hydrogen) atoms. The molecule has 0 saturated heterocycles. The van der Waals surface area contributed by atoms with Crippen LogP contribution < -0.4 is 24.8 Å². The van der Waals surface area contributed by atoms with Crippen LogP contribution in [0.15, 0.2) is 72.8 Å². The molecule has 0 aliphatic carbocycles. The van der Waals surface area contributed by atoms with Crippen molar-refractivity contribution in [2.45, 2.75) is 6.42 Å². The molecule has 0 unspecified atom stereocenters. The molecule has 0 atom stereocenters. The monoisotopic (exact) mass is 392 g/mol. The highest BCUT2D eigenvalue weighted by Gasteiger charge is 2.06. The van der Waals surface area contributed by atoms with Gasteiger partial charge in [-0.15, -0.1) is 0 Å². The second-order valence-corrected chi connectivity index (χ2v) is 6.26. The second kappa shape index (κ2) is 10.0. The summed E-state index contributed by atoms with van der Waals surface area (Å²) in [6.07, 6.45) is 0.678. The van der Waals surface area contributed by atoms with E-state index in [2.05, 4.69) is 10.6 Å². The highest BCUT2D eigenvalue weighted by molar-refractivity contribution is 5.89. The lowest BCUT2D eigenvalue weighted by atomic mass is 10.1. The smallest absolute Gasteiger partial charge is 0.319 e. The standard InChI is InChI=1S/C23H24N2O4/c1-27-21-13-8-17(16-22(21)28-2)14-15-24-23(26)25-18-9-11-20(12-10-18)29-19-6-4-3-5-7-19/h3-13,16H,14-15H2,1-2H3,(H2,24,25,26). The summed E-state index contributed by atoms with van der Waals surface area (Å²) in [5, 5.41) is 5.66. The van der Waals surface area contributed by atoms with Crippen LogP contribution in [0.2, 0.25) is 0 Å². The van der Waals surface area contributed by atoms with Crippen molar-refractivity contribution in [2.75, 3.05) is 26.1 Å². The molecule has 0 radical (unpaired) electrons. The third-order valence-electron chi connectivity index (χ3n) is 4.24. The summed E-state index contributed by atoms with van der Waals surface area (Å²) in [6.45, 7) is 0.497. The van der Waals surface area contributed by atoms with Crippen LogP contribution in [0.3, 0.4) is 0 Å². The van der Waals surface area contributed by atoms with E-state index in [9.17, 15) is 4.79 Å². The summed E-state index contributed by atoms with van der Waals surface area (Å²) >= 11 is 0. The van der Waals surface area contributed by atoms with Gasteiger partial charge in [-0.05, 0) is 60.5 Å². The predicted octanol–water partition coefficient (Wildman–Crippen LogP) is 4.86. The molecular formula is C23H24N2O4. The number of benzene rings is 3. The molecule has 2 amide bonds. The number of nitrogens with one attached hydrogen (secondary N) is 2. The first-order valence-corrected chi connectivity index (χ1v) is 9.26. The van der Waals surface area contributed by atoms with Gasteiger partial charge in [0.1, 0.15) is 11.5 Å². The van der Waals surface area contributed by atoms with Crippen molar-refractivity contribution in [2.24, 2.45) is 0 Å². The Labute approximate surface area is 170 Å². The van der Waals surface area contributed by atoms with Gasteiger partial charge in [0, 0.05) is 12.2 Å². The molecule has 0 fully saturated rings. The normalized spacial score (nSPS) is 10.1. The molecule has 6 heteroatoms. The zero-order valence-corrected chi connectivity index (χ0v) is 16.5.